The number of aromatic nitrogens is 1. The third kappa shape index (κ3) is 3.61. The molecule has 30 heavy (non-hydrogen) atoms. The van der Waals surface area contributed by atoms with E-state index in [9.17, 15) is 14.7 Å². The molecule has 0 fully saturated rings. The maximum absolute atomic E-state index is 11.9. The van der Waals surface area contributed by atoms with Crippen LogP contribution in [0.15, 0.2) is 53.4 Å². The van der Waals surface area contributed by atoms with Gasteiger partial charge in [0.2, 0.25) is 0 Å². The van der Waals surface area contributed by atoms with Gasteiger partial charge in [0.15, 0.2) is 11.5 Å². The van der Waals surface area contributed by atoms with Crippen LogP contribution < -0.4 is 9.47 Å². The number of thiazole rings is 1. The Balaban J connectivity index is 1.50. The first kappa shape index (κ1) is 20.2. The molecular formula is C21H17NO6S2. The fourth-order valence-electron chi connectivity index (χ4n) is 2.88. The van der Waals surface area contributed by atoms with Crippen molar-refractivity contribution in [1.82, 2.24) is 4.98 Å². The molecule has 0 radical (unpaired) electrons. The van der Waals surface area contributed by atoms with Gasteiger partial charge in [0.05, 0.1) is 12.8 Å². The van der Waals surface area contributed by atoms with Gasteiger partial charge in [-0.2, -0.15) is 0 Å². The second kappa shape index (κ2) is 8.00. The molecule has 0 spiro atoms. The predicted octanol–water partition coefficient (Wildman–Crippen LogP) is 4.14. The summed E-state index contributed by atoms with van der Waals surface area (Å²) in [5, 5.41) is 10.4. The van der Waals surface area contributed by atoms with Crippen molar-refractivity contribution in [3.8, 4) is 22.1 Å². The summed E-state index contributed by atoms with van der Waals surface area (Å²) in [6.07, 6.45) is 0. The van der Waals surface area contributed by atoms with Gasteiger partial charge in [-0.3, -0.25) is 0 Å². The molecule has 2 aromatic carbocycles. The number of thioether (sulfide) groups is 1. The van der Waals surface area contributed by atoms with E-state index < -0.39 is 17.7 Å². The van der Waals surface area contributed by atoms with Crippen LogP contribution in [0.2, 0.25) is 0 Å². The molecule has 0 amide bonds. The minimum Gasteiger partial charge on any atom is -0.475 e. The van der Waals surface area contributed by atoms with Gasteiger partial charge in [0.1, 0.15) is 5.01 Å². The van der Waals surface area contributed by atoms with Crippen LogP contribution in [-0.4, -0.2) is 34.9 Å². The second-order valence-electron chi connectivity index (χ2n) is 6.41. The zero-order valence-electron chi connectivity index (χ0n) is 16.1. The average molecular weight is 444 g/mol. The highest BCUT2D eigenvalue weighted by Gasteiger charge is 2.58. The molecule has 0 saturated heterocycles. The monoisotopic (exact) mass is 443 g/mol. The number of fused-ring (bicyclic) bond motifs is 1. The Morgan fingerprint density at radius 1 is 1.17 bits per heavy atom. The first-order chi connectivity index (χ1) is 14.4. The number of rotatable bonds is 6. The van der Waals surface area contributed by atoms with Crippen LogP contribution >= 0.6 is 23.1 Å². The lowest BCUT2D eigenvalue weighted by Crippen LogP contribution is -2.54. The van der Waals surface area contributed by atoms with E-state index in [1.165, 1.54) is 0 Å². The summed E-state index contributed by atoms with van der Waals surface area (Å²) in [7, 11) is 1.07. The number of carbonyl (C=O) groups excluding carboxylic acids is 1. The van der Waals surface area contributed by atoms with Crippen LogP contribution in [0.1, 0.15) is 10.6 Å². The SMILES string of the molecule is COC(=O)C1(C(=O)O)Oc2ccc(SCc3sc(-c4ccccc4)nc3C)cc2O1. The van der Waals surface area contributed by atoms with Crippen LogP contribution in [0.25, 0.3) is 10.6 Å². The zero-order chi connectivity index (χ0) is 21.3. The van der Waals surface area contributed by atoms with Crippen molar-refractivity contribution < 1.29 is 28.9 Å². The van der Waals surface area contributed by atoms with Crippen molar-refractivity contribution in [2.45, 2.75) is 23.4 Å². The lowest BCUT2D eigenvalue weighted by atomic mass is 10.2. The molecule has 1 aliphatic heterocycles. The number of carboxylic acids is 1. The lowest BCUT2D eigenvalue weighted by Gasteiger charge is -2.19. The molecule has 1 unspecified atom stereocenters. The third-order valence-electron chi connectivity index (χ3n) is 4.44. The molecule has 0 bridgehead atoms. The Bertz CT molecular complexity index is 1110. The molecule has 9 heteroatoms. The minimum absolute atomic E-state index is 0.174. The summed E-state index contributed by atoms with van der Waals surface area (Å²) >= 11 is 3.20. The van der Waals surface area contributed by atoms with Crippen molar-refractivity contribution in [3.05, 3.63) is 59.1 Å². The van der Waals surface area contributed by atoms with E-state index in [2.05, 4.69) is 9.72 Å². The van der Waals surface area contributed by atoms with E-state index in [1.54, 1.807) is 41.3 Å². The van der Waals surface area contributed by atoms with Crippen molar-refractivity contribution >= 4 is 35.0 Å². The summed E-state index contributed by atoms with van der Waals surface area (Å²) in [6.45, 7) is 1.98. The van der Waals surface area contributed by atoms with Crippen molar-refractivity contribution in [2.24, 2.45) is 0 Å². The van der Waals surface area contributed by atoms with Gasteiger partial charge in [-0.1, -0.05) is 30.3 Å². The molecule has 0 saturated carbocycles. The quantitative estimate of drug-likeness (QED) is 0.345. The molecule has 7 nitrogen and oxygen atoms in total. The van der Waals surface area contributed by atoms with Crippen molar-refractivity contribution in [2.75, 3.05) is 7.11 Å². The normalized spacial score (nSPS) is 17.0. The summed E-state index contributed by atoms with van der Waals surface area (Å²) in [6, 6.07) is 15.0. The van der Waals surface area contributed by atoms with E-state index in [1.807, 2.05) is 37.3 Å². The standard InChI is InChI=1S/C21H17NO6S2/c1-12-17(30-18(22-12)13-6-4-3-5-7-13)11-29-14-8-9-15-16(10-14)28-21(27-15,19(23)24)20(25)26-2/h3-10H,11H2,1-2H3,(H,23,24). The van der Waals surface area contributed by atoms with E-state index in [-0.39, 0.29) is 11.5 Å². The van der Waals surface area contributed by atoms with Gasteiger partial charge in [-0.05, 0) is 25.1 Å². The Labute approximate surface area is 180 Å². The maximum atomic E-state index is 11.9. The predicted molar refractivity (Wildman–Crippen MR) is 112 cm³/mol. The van der Waals surface area contributed by atoms with E-state index in [0.29, 0.717) is 5.75 Å². The van der Waals surface area contributed by atoms with Crippen LogP contribution in [0, 0.1) is 6.92 Å². The number of benzene rings is 2. The second-order valence-corrected chi connectivity index (χ2v) is 8.54. The van der Waals surface area contributed by atoms with E-state index in [0.717, 1.165) is 33.1 Å². The Hall–Kier alpha value is -3.04. The molecule has 154 valence electrons. The summed E-state index contributed by atoms with van der Waals surface area (Å²) in [5.41, 5.74) is 2.06. The smallest absolute Gasteiger partial charge is 0.453 e. The highest BCUT2D eigenvalue weighted by molar-refractivity contribution is 7.98. The zero-order valence-corrected chi connectivity index (χ0v) is 17.7. The van der Waals surface area contributed by atoms with Crippen LogP contribution in [0.3, 0.4) is 0 Å². The molecule has 0 aliphatic carbocycles. The molecule has 1 N–H and O–H groups in total. The first-order valence-corrected chi connectivity index (χ1v) is 10.7. The van der Waals surface area contributed by atoms with Crippen molar-refractivity contribution in [1.29, 1.82) is 0 Å². The average Bonchev–Trinajstić information content (AvgIpc) is 3.33. The number of hydrogen-bond donors (Lipinski definition) is 1. The Morgan fingerprint density at radius 3 is 2.60 bits per heavy atom. The number of ether oxygens (including phenoxy) is 3. The molecule has 1 atom stereocenters. The van der Waals surface area contributed by atoms with Gasteiger partial charge in [-0.15, -0.1) is 23.1 Å². The molecule has 2 heterocycles. The number of carbonyl (C=O) groups is 2. The number of nitrogens with zero attached hydrogens (tertiary/aromatic N) is 1. The minimum atomic E-state index is -2.51. The number of aryl methyl sites for hydroxylation is 1. The van der Waals surface area contributed by atoms with Gasteiger partial charge in [0, 0.05) is 21.1 Å². The number of esters is 1. The molecule has 3 aromatic rings. The van der Waals surface area contributed by atoms with Gasteiger partial charge >= 0.3 is 17.7 Å². The Morgan fingerprint density at radius 2 is 1.90 bits per heavy atom. The molecule has 1 aromatic heterocycles. The number of hydrogen-bond acceptors (Lipinski definition) is 8. The van der Waals surface area contributed by atoms with Crippen LogP contribution in [0.4, 0.5) is 0 Å². The van der Waals surface area contributed by atoms with E-state index in [4.69, 9.17) is 9.47 Å². The van der Waals surface area contributed by atoms with Crippen LogP contribution in [-0.2, 0) is 20.1 Å². The fraction of sp³-hybridized carbons (Fsp3) is 0.190. The highest BCUT2D eigenvalue weighted by Crippen LogP contribution is 2.43. The van der Waals surface area contributed by atoms with Gasteiger partial charge < -0.3 is 19.3 Å². The number of aliphatic carboxylic acids is 1. The summed E-state index contributed by atoms with van der Waals surface area (Å²) < 4.78 is 15.2. The maximum Gasteiger partial charge on any atom is 0.453 e. The number of carboxylic acid groups (broad SMARTS) is 1. The molecule has 4 rings (SSSR count). The highest BCUT2D eigenvalue weighted by atomic mass is 32.2. The Kier molecular flexibility index (Phi) is 5.40. The lowest BCUT2D eigenvalue weighted by molar-refractivity contribution is -0.196. The van der Waals surface area contributed by atoms with Crippen LogP contribution in [0.5, 0.6) is 11.5 Å². The topological polar surface area (TPSA) is 95.0 Å². The third-order valence-corrected chi connectivity index (χ3v) is 6.85. The number of methoxy groups -OCH3 is 1. The first-order valence-electron chi connectivity index (χ1n) is 8.91. The largest absolute Gasteiger partial charge is 0.475 e. The van der Waals surface area contributed by atoms with Gasteiger partial charge in [-0.25, -0.2) is 14.6 Å². The molecule has 1 aliphatic rings. The fourth-order valence-corrected chi connectivity index (χ4v) is 5.02. The van der Waals surface area contributed by atoms with Gasteiger partial charge in [0.25, 0.3) is 0 Å². The summed E-state index contributed by atoms with van der Waals surface area (Å²) in [5.74, 6) is -4.18. The van der Waals surface area contributed by atoms with E-state index >= 15 is 0 Å². The summed E-state index contributed by atoms with van der Waals surface area (Å²) in [4.78, 5) is 30.2. The van der Waals surface area contributed by atoms with Crippen molar-refractivity contribution in [3.63, 3.8) is 0 Å². The molecular weight excluding hydrogens is 426 g/mol.